The summed E-state index contributed by atoms with van der Waals surface area (Å²) in [5, 5.41) is 4.71. The van der Waals surface area contributed by atoms with E-state index in [1.807, 2.05) is 30.3 Å². The Kier molecular flexibility index (Phi) is 3.81. The summed E-state index contributed by atoms with van der Waals surface area (Å²) < 4.78 is 6.42. The number of methoxy groups -OCH3 is 1. The summed E-state index contributed by atoms with van der Waals surface area (Å²) in [5.74, 6) is -0.0980. The van der Waals surface area contributed by atoms with Crippen LogP contribution in [-0.2, 0) is 4.74 Å². The molecule has 0 saturated heterocycles. The number of nitrogens with zero attached hydrogens (tertiary/aromatic N) is 3. The van der Waals surface area contributed by atoms with E-state index in [1.54, 1.807) is 29.2 Å². The fourth-order valence-corrected chi connectivity index (χ4v) is 2.69. The Morgan fingerprint density at radius 3 is 2.73 bits per heavy atom. The molecule has 2 aromatic heterocycles. The van der Waals surface area contributed by atoms with Gasteiger partial charge in [0.1, 0.15) is 5.82 Å². The van der Waals surface area contributed by atoms with E-state index < -0.39 is 5.97 Å². The van der Waals surface area contributed by atoms with Crippen molar-refractivity contribution in [3.8, 4) is 17.1 Å². The van der Waals surface area contributed by atoms with E-state index in [4.69, 9.17) is 4.74 Å². The number of ether oxygens (including phenoxy) is 1. The average Bonchev–Trinajstić information content (AvgIpc) is 3.18. The van der Waals surface area contributed by atoms with E-state index in [-0.39, 0.29) is 5.56 Å². The van der Waals surface area contributed by atoms with Crippen molar-refractivity contribution in [2.24, 2.45) is 0 Å². The smallest absolute Gasteiger partial charge is 0.337 e. The Balaban J connectivity index is 1.81. The molecule has 4 rings (SSSR count). The van der Waals surface area contributed by atoms with Gasteiger partial charge in [-0.15, -0.1) is 0 Å². The monoisotopic (exact) mass is 346 g/mol. The second-order valence-electron chi connectivity index (χ2n) is 5.65. The Bertz CT molecular complexity index is 1160. The van der Waals surface area contributed by atoms with Gasteiger partial charge in [0, 0.05) is 6.20 Å². The quantitative estimate of drug-likeness (QED) is 0.576. The molecule has 4 aromatic rings. The third-order valence-electron chi connectivity index (χ3n) is 4.00. The summed E-state index contributed by atoms with van der Waals surface area (Å²) in [6.07, 6.45) is 3.41. The lowest BCUT2D eigenvalue weighted by Gasteiger charge is -2.03. The number of rotatable bonds is 3. The van der Waals surface area contributed by atoms with Gasteiger partial charge in [0.05, 0.1) is 41.0 Å². The van der Waals surface area contributed by atoms with Gasteiger partial charge in [-0.3, -0.25) is 4.79 Å². The molecule has 0 radical (unpaired) electrons. The van der Waals surface area contributed by atoms with Crippen molar-refractivity contribution in [3.05, 3.63) is 76.8 Å². The molecule has 128 valence electrons. The standard InChI is InChI=1S/C19H14N4O3/c1-26-19(25)12-7-8-15-16(9-12)21-17(22-18(15)24)13-10-20-23(11-13)14-5-3-2-4-6-14/h2-11H,1H3,(H,21,22,24). The lowest BCUT2D eigenvalue weighted by atomic mass is 10.1. The summed E-state index contributed by atoms with van der Waals surface area (Å²) >= 11 is 0. The predicted octanol–water partition coefficient (Wildman–Crippen LogP) is 2.56. The molecule has 0 bridgehead atoms. The van der Waals surface area contributed by atoms with Crippen molar-refractivity contribution < 1.29 is 9.53 Å². The normalized spacial score (nSPS) is 10.8. The summed E-state index contributed by atoms with van der Waals surface area (Å²) in [6.45, 7) is 0. The van der Waals surface area contributed by atoms with Gasteiger partial charge in [-0.25, -0.2) is 14.5 Å². The highest BCUT2D eigenvalue weighted by Gasteiger charge is 2.12. The Labute approximate surface area is 147 Å². The zero-order chi connectivity index (χ0) is 18.1. The molecule has 0 unspecified atom stereocenters. The van der Waals surface area contributed by atoms with Gasteiger partial charge in [0.2, 0.25) is 0 Å². The van der Waals surface area contributed by atoms with Gasteiger partial charge in [-0.05, 0) is 30.3 Å². The van der Waals surface area contributed by atoms with Crippen LogP contribution in [0.2, 0.25) is 0 Å². The van der Waals surface area contributed by atoms with Crippen molar-refractivity contribution in [1.29, 1.82) is 0 Å². The third-order valence-corrected chi connectivity index (χ3v) is 4.00. The van der Waals surface area contributed by atoms with Gasteiger partial charge < -0.3 is 9.72 Å². The van der Waals surface area contributed by atoms with Crippen molar-refractivity contribution in [1.82, 2.24) is 19.7 Å². The number of para-hydroxylation sites is 1. The van der Waals surface area contributed by atoms with Crippen LogP contribution in [0.15, 0.2) is 65.7 Å². The van der Waals surface area contributed by atoms with E-state index in [0.717, 1.165) is 5.69 Å². The van der Waals surface area contributed by atoms with Gasteiger partial charge >= 0.3 is 5.97 Å². The zero-order valence-electron chi connectivity index (χ0n) is 13.8. The first kappa shape index (κ1) is 15.8. The topological polar surface area (TPSA) is 89.9 Å². The number of fused-ring (bicyclic) bond motifs is 1. The number of H-pyrrole nitrogens is 1. The van der Waals surface area contributed by atoms with Crippen LogP contribution in [0.3, 0.4) is 0 Å². The number of benzene rings is 2. The molecule has 0 atom stereocenters. The average molecular weight is 346 g/mol. The molecule has 26 heavy (non-hydrogen) atoms. The molecule has 7 nitrogen and oxygen atoms in total. The van der Waals surface area contributed by atoms with Crippen LogP contribution >= 0.6 is 0 Å². The highest BCUT2D eigenvalue weighted by Crippen LogP contribution is 2.18. The summed E-state index contributed by atoms with van der Waals surface area (Å²) in [5.41, 5.74) is 2.03. The van der Waals surface area contributed by atoms with Crippen LogP contribution in [0, 0.1) is 0 Å². The number of hydrogen-bond donors (Lipinski definition) is 1. The fourth-order valence-electron chi connectivity index (χ4n) is 2.69. The molecule has 1 N–H and O–H groups in total. The van der Waals surface area contributed by atoms with E-state index in [0.29, 0.717) is 27.9 Å². The molecule has 0 amide bonds. The molecule has 2 heterocycles. The van der Waals surface area contributed by atoms with Crippen LogP contribution in [-0.4, -0.2) is 32.8 Å². The maximum Gasteiger partial charge on any atom is 0.337 e. The fraction of sp³-hybridized carbons (Fsp3) is 0.0526. The van der Waals surface area contributed by atoms with Crippen molar-refractivity contribution in [2.75, 3.05) is 7.11 Å². The third kappa shape index (κ3) is 2.75. The molecule has 0 fully saturated rings. The minimum atomic E-state index is -0.479. The van der Waals surface area contributed by atoms with Crippen molar-refractivity contribution in [2.45, 2.75) is 0 Å². The van der Waals surface area contributed by atoms with Gasteiger partial charge in [-0.2, -0.15) is 5.10 Å². The van der Waals surface area contributed by atoms with E-state index in [2.05, 4.69) is 15.1 Å². The van der Waals surface area contributed by atoms with Gasteiger partial charge in [-0.1, -0.05) is 18.2 Å². The van der Waals surface area contributed by atoms with Crippen molar-refractivity contribution in [3.63, 3.8) is 0 Å². The Morgan fingerprint density at radius 1 is 1.15 bits per heavy atom. The summed E-state index contributed by atoms with van der Waals surface area (Å²) in [4.78, 5) is 31.3. The predicted molar refractivity (Wildman–Crippen MR) is 96.3 cm³/mol. The van der Waals surface area contributed by atoms with E-state index in [1.165, 1.54) is 13.2 Å². The minimum Gasteiger partial charge on any atom is -0.465 e. The number of aromatic nitrogens is 4. The lowest BCUT2D eigenvalue weighted by molar-refractivity contribution is 0.0601. The van der Waals surface area contributed by atoms with Crippen molar-refractivity contribution >= 4 is 16.9 Å². The lowest BCUT2D eigenvalue weighted by Crippen LogP contribution is -2.10. The molecule has 0 aliphatic carbocycles. The molecule has 2 aromatic carbocycles. The van der Waals surface area contributed by atoms with E-state index >= 15 is 0 Å². The highest BCUT2D eigenvalue weighted by atomic mass is 16.5. The summed E-state index contributed by atoms with van der Waals surface area (Å²) in [7, 11) is 1.31. The molecule has 7 heteroatoms. The first-order valence-corrected chi connectivity index (χ1v) is 7.88. The van der Waals surface area contributed by atoms with Gasteiger partial charge in [0.25, 0.3) is 5.56 Å². The van der Waals surface area contributed by atoms with E-state index in [9.17, 15) is 9.59 Å². The molecule has 0 spiro atoms. The maximum absolute atomic E-state index is 12.4. The molecular formula is C19H14N4O3. The minimum absolute atomic E-state index is 0.283. The Hall–Kier alpha value is -3.74. The van der Waals surface area contributed by atoms with Crippen LogP contribution < -0.4 is 5.56 Å². The maximum atomic E-state index is 12.4. The molecule has 0 aliphatic rings. The SMILES string of the molecule is COC(=O)c1ccc2c(=O)[nH]c(-c3cnn(-c4ccccc4)c3)nc2c1. The first-order valence-electron chi connectivity index (χ1n) is 7.88. The van der Waals surface area contributed by atoms with Crippen LogP contribution in [0.5, 0.6) is 0 Å². The number of carbonyl (C=O) groups is 1. The van der Waals surface area contributed by atoms with Gasteiger partial charge in [0.15, 0.2) is 0 Å². The number of carbonyl (C=O) groups excluding carboxylic acids is 1. The molecule has 0 saturated carbocycles. The second kappa shape index (κ2) is 6.29. The van der Waals surface area contributed by atoms with Crippen LogP contribution in [0.1, 0.15) is 10.4 Å². The highest BCUT2D eigenvalue weighted by molar-refractivity contribution is 5.94. The molecule has 0 aliphatic heterocycles. The number of esters is 1. The Morgan fingerprint density at radius 2 is 1.96 bits per heavy atom. The second-order valence-corrected chi connectivity index (χ2v) is 5.65. The zero-order valence-corrected chi connectivity index (χ0v) is 13.8. The summed E-state index contributed by atoms with van der Waals surface area (Å²) in [6, 6.07) is 14.3. The largest absolute Gasteiger partial charge is 0.465 e. The molecular weight excluding hydrogens is 332 g/mol. The number of hydrogen-bond acceptors (Lipinski definition) is 5. The first-order chi connectivity index (χ1) is 12.7. The van der Waals surface area contributed by atoms with Crippen LogP contribution in [0.25, 0.3) is 28.0 Å². The number of nitrogens with one attached hydrogen (secondary N) is 1. The number of aromatic amines is 1. The van der Waals surface area contributed by atoms with Crippen LogP contribution in [0.4, 0.5) is 0 Å².